The van der Waals surface area contributed by atoms with Crippen LogP contribution in [0.2, 0.25) is 0 Å². The second kappa shape index (κ2) is 3.81. The summed E-state index contributed by atoms with van der Waals surface area (Å²) in [6.45, 7) is -0.519. The molecule has 0 atom stereocenters. The minimum absolute atomic E-state index is 0.234. The molecule has 0 spiro atoms. The Bertz CT molecular complexity index is 181. The third kappa shape index (κ3) is 4.19. The molecular formula is C5H4F3NO2. The van der Waals surface area contributed by atoms with Gasteiger partial charge in [0.05, 0.1) is 12.5 Å². The van der Waals surface area contributed by atoms with Crippen molar-refractivity contribution in [2.45, 2.75) is 12.6 Å². The van der Waals surface area contributed by atoms with Crippen molar-refractivity contribution in [1.82, 2.24) is 0 Å². The largest absolute Gasteiger partial charge is 0.490 e. The van der Waals surface area contributed by atoms with Crippen molar-refractivity contribution < 1.29 is 22.7 Å². The fraction of sp³-hybridized carbons (Fsp3) is 0.600. The Hall–Kier alpha value is -1.25. The van der Waals surface area contributed by atoms with Gasteiger partial charge in [-0.05, 0) is 0 Å². The first kappa shape index (κ1) is 9.75. The molecule has 0 amide bonds. The Labute approximate surface area is 60.4 Å². The molecule has 0 aliphatic rings. The summed E-state index contributed by atoms with van der Waals surface area (Å²) in [6.07, 6.45) is -5.20. The van der Waals surface area contributed by atoms with Crippen LogP contribution in [0.15, 0.2) is 0 Å². The van der Waals surface area contributed by atoms with E-state index in [0.29, 0.717) is 0 Å². The highest BCUT2D eigenvalue weighted by Crippen LogP contribution is 2.16. The zero-order chi connectivity index (χ0) is 8.91. The van der Waals surface area contributed by atoms with Crippen molar-refractivity contribution in [3.63, 3.8) is 0 Å². The van der Waals surface area contributed by atoms with E-state index in [-0.39, 0.29) is 6.42 Å². The Morgan fingerprint density at radius 3 is 2.45 bits per heavy atom. The van der Waals surface area contributed by atoms with Gasteiger partial charge in [-0.3, -0.25) is 0 Å². The molecule has 0 unspecified atom stereocenters. The van der Waals surface area contributed by atoms with Gasteiger partial charge in [-0.15, -0.1) is 0 Å². The lowest BCUT2D eigenvalue weighted by Gasteiger charge is -2.03. The Balaban J connectivity index is 3.64. The van der Waals surface area contributed by atoms with E-state index < -0.39 is 18.8 Å². The number of nitrogens with zero attached hydrogens (tertiary/aromatic N) is 1. The molecule has 11 heavy (non-hydrogen) atoms. The Morgan fingerprint density at radius 2 is 2.09 bits per heavy atom. The maximum atomic E-state index is 11.3. The van der Waals surface area contributed by atoms with Crippen LogP contribution in [0.5, 0.6) is 0 Å². The van der Waals surface area contributed by atoms with Gasteiger partial charge in [0, 0.05) is 0 Å². The molecule has 0 fully saturated rings. The molecule has 0 bridgehead atoms. The molecule has 0 aliphatic heterocycles. The molecule has 0 radical (unpaired) electrons. The van der Waals surface area contributed by atoms with Crippen molar-refractivity contribution in [2.75, 3.05) is 6.61 Å². The topological polar surface area (TPSA) is 50.1 Å². The molecule has 62 valence electrons. The fourth-order valence-corrected chi connectivity index (χ4v) is 0.271. The van der Waals surface area contributed by atoms with E-state index >= 15 is 0 Å². The molecule has 0 heterocycles. The number of esters is 1. The van der Waals surface area contributed by atoms with Crippen LogP contribution in [0.3, 0.4) is 0 Å². The normalized spacial score (nSPS) is 10.4. The minimum Gasteiger partial charge on any atom is -0.458 e. The highest BCUT2D eigenvalue weighted by atomic mass is 19.4. The van der Waals surface area contributed by atoms with Crippen LogP contribution in [0.1, 0.15) is 6.42 Å². The summed E-state index contributed by atoms with van der Waals surface area (Å²) in [5, 5.41) is 7.86. The van der Waals surface area contributed by atoms with Crippen molar-refractivity contribution in [3.8, 4) is 6.07 Å². The number of carbonyl (C=O) groups excluding carboxylic acids is 1. The van der Waals surface area contributed by atoms with Crippen LogP contribution in [0.25, 0.3) is 0 Å². The van der Waals surface area contributed by atoms with Crippen molar-refractivity contribution in [3.05, 3.63) is 0 Å². The molecule has 3 nitrogen and oxygen atoms in total. The van der Waals surface area contributed by atoms with Gasteiger partial charge in [0.25, 0.3) is 0 Å². The summed E-state index contributed by atoms with van der Waals surface area (Å²) >= 11 is 0. The van der Waals surface area contributed by atoms with E-state index in [2.05, 4.69) is 4.74 Å². The van der Waals surface area contributed by atoms with Crippen molar-refractivity contribution in [2.24, 2.45) is 0 Å². The van der Waals surface area contributed by atoms with Crippen LogP contribution >= 0.6 is 0 Å². The number of hydrogen-bond acceptors (Lipinski definition) is 3. The van der Waals surface area contributed by atoms with E-state index in [0.717, 1.165) is 0 Å². The zero-order valence-corrected chi connectivity index (χ0v) is 5.31. The lowest BCUT2D eigenvalue weighted by atomic mass is 10.5. The lowest BCUT2D eigenvalue weighted by Crippen LogP contribution is -2.25. The second-order valence-electron chi connectivity index (χ2n) is 1.54. The molecule has 0 saturated heterocycles. The van der Waals surface area contributed by atoms with E-state index in [1.165, 1.54) is 6.07 Å². The summed E-state index contributed by atoms with van der Waals surface area (Å²) in [4.78, 5) is 9.88. The van der Waals surface area contributed by atoms with Crippen molar-refractivity contribution >= 4 is 5.97 Å². The first-order valence-corrected chi connectivity index (χ1v) is 2.59. The first-order valence-electron chi connectivity index (χ1n) is 2.59. The van der Waals surface area contributed by atoms with Gasteiger partial charge in [0.2, 0.25) is 0 Å². The Morgan fingerprint density at radius 1 is 1.55 bits per heavy atom. The average Bonchev–Trinajstić information content (AvgIpc) is 1.86. The monoisotopic (exact) mass is 167 g/mol. The Kier molecular flexibility index (Phi) is 3.37. The number of ether oxygens (including phenoxy) is 1. The SMILES string of the molecule is N#CCCOC(=O)C(F)(F)F. The second-order valence-corrected chi connectivity index (χ2v) is 1.54. The smallest absolute Gasteiger partial charge is 0.458 e. The first-order chi connectivity index (χ1) is 4.98. The summed E-state index contributed by atoms with van der Waals surface area (Å²) in [7, 11) is 0. The van der Waals surface area contributed by atoms with Crippen LogP contribution in [0.4, 0.5) is 13.2 Å². The van der Waals surface area contributed by atoms with Gasteiger partial charge >= 0.3 is 12.1 Å². The van der Waals surface area contributed by atoms with Gasteiger partial charge in [-0.1, -0.05) is 0 Å². The van der Waals surface area contributed by atoms with E-state index in [4.69, 9.17) is 5.26 Å². The zero-order valence-electron chi connectivity index (χ0n) is 5.31. The molecule has 0 aromatic carbocycles. The van der Waals surface area contributed by atoms with Crippen molar-refractivity contribution in [1.29, 1.82) is 5.26 Å². The molecule has 6 heteroatoms. The quantitative estimate of drug-likeness (QED) is 0.455. The van der Waals surface area contributed by atoms with Gasteiger partial charge in [0.15, 0.2) is 0 Å². The standard InChI is InChI=1S/C5H4F3NO2/c6-5(7,8)4(10)11-3-1-2-9/h1,3H2. The fourth-order valence-electron chi connectivity index (χ4n) is 0.271. The number of nitriles is 1. The molecular weight excluding hydrogens is 163 g/mol. The molecule has 0 rings (SSSR count). The van der Waals surface area contributed by atoms with Crippen LogP contribution in [-0.4, -0.2) is 18.8 Å². The number of halogens is 3. The highest BCUT2D eigenvalue weighted by molar-refractivity contribution is 5.75. The lowest BCUT2D eigenvalue weighted by molar-refractivity contribution is -0.199. The number of carbonyl (C=O) groups is 1. The van der Waals surface area contributed by atoms with Crippen LogP contribution < -0.4 is 0 Å². The summed E-state index contributed by atoms with van der Waals surface area (Å²) < 4.78 is 37.6. The third-order valence-corrected chi connectivity index (χ3v) is 0.678. The van der Waals surface area contributed by atoms with Gasteiger partial charge in [-0.25, -0.2) is 4.79 Å². The van der Waals surface area contributed by atoms with Gasteiger partial charge in [0.1, 0.15) is 6.61 Å². The van der Waals surface area contributed by atoms with Gasteiger partial charge < -0.3 is 4.74 Å². The van der Waals surface area contributed by atoms with E-state index in [1.54, 1.807) is 0 Å². The average molecular weight is 167 g/mol. The van der Waals surface area contributed by atoms with Crippen LogP contribution in [0, 0.1) is 11.3 Å². The van der Waals surface area contributed by atoms with Gasteiger partial charge in [-0.2, -0.15) is 18.4 Å². The summed E-state index contributed by atoms with van der Waals surface area (Å²) in [5.41, 5.74) is 0. The molecule has 0 aromatic heterocycles. The number of alkyl halides is 3. The maximum Gasteiger partial charge on any atom is 0.490 e. The van der Waals surface area contributed by atoms with Crippen LogP contribution in [-0.2, 0) is 9.53 Å². The number of hydrogen-bond donors (Lipinski definition) is 0. The number of rotatable bonds is 2. The van der Waals surface area contributed by atoms with E-state index in [1.807, 2.05) is 0 Å². The minimum atomic E-state index is -4.96. The third-order valence-electron chi connectivity index (χ3n) is 0.678. The summed E-state index contributed by atoms with van der Waals surface area (Å²) in [5.74, 6) is -2.26. The maximum absolute atomic E-state index is 11.3. The molecule has 0 aromatic rings. The molecule has 0 aliphatic carbocycles. The predicted molar refractivity (Wildman–Crippen MR) is 27.2 cm³/mol. The van der Waals surface area contributed by atoms with E-state index in [9.17, 15) is 18.0 Å². The highest BCUT2D eigenvalue weighted by Gasteiger charge is 2.40. The predicted octanol–water partition coefficient (Wildman–Crippen LogP) is 1.01. The summed E-state index contributed by atoms with van der Waals surface area (Å²) in [6, 6.07) is 1.53. The molecule has 0 saturated carbocycles. The molecule has 0 N–H and O–H groups in total.